The molecular formula is C13H20N2O4S. The average molecular weight is 300 g/mol. The highest BCUT2D eigenvalue weighted by Crippen LogP contribution is 2.20. The number of aliphatic hydroxyl groups is 1. The zero-order valence-electron chi connectivity index (χ0n) is 11.2. The number of anilines is 1. The van der Waals surface area contributed by atoms with Crippen molar-refractivity contribution >= 4 is 15.7 Å². The molecule has 1 heterocycles. The van der Waals surface area contributed by atoms with E-state index < -0.39 is 16.1 Å². The molecule has 0 bridgehead atoms. The fourth-order valence-electron chi connectivity index (χ4n) is 2.17. The van der Waals surface area contributed by atoms with Crippen molar-refractivity contribution in [3.05, 3.63) is 24.3 Å². The molecule has 7 heteroatoms. The van der Waals surface area contributed by atoms with Crippen molar-refractivity contribution in [3.8, 4) is 5.75 Å². The first-order chi connectivity index (χ1) is 9.49. The Morgan fingerprint density at radius 1 is 1.40 bits per heavy atom. The standard InChI is InChI=1S/C13H20N2O4S/c14-12-5-1-2-6-13(12)19-8-9-20(17,18)15-7-3-4-11(16)10-15/h1-2,5-6,11,16H,3-4,7-10,14H2/t11-/m0/s1. The Morgan fingerprint density at radius 3 is 2.85 bits per heavy atom. The van der Waals surface area contributed by atoms with Crippen LogP contribution in [0.25, 0.3) is 0 Å². The number of nitrogens with zero attached hydrogens (tertiary/aromatic N) is 1. The highest BCUT2D eigenvalue weighted by atomic mass is 32.2. The number of rotatable bonds is 5. The van der Waals surface area contributed by atoms with Crippen LogP contribution in [0.4, 0.5) is 5.69 Å². The Morgan fingerprint density at radius 2 is 2.15 bits per heavy atom. The summed E-state index contributed by atoms with van der Waals surface area (Å²) in [6, 6.07) is 6.96. The quantitative estimate of drug-likeness (QED) is 0.769. The molecule has 0 amide bonds. The van der Waals surface area contributed by atoms with Gasteiger partial charge in [-0.05, 0) is 25.0 Å². The lowest BCUT2D eigenvalue weighted by Crippen LogP contribution is -2.43. The van der Waals surface area contributed by atoms with E-state index in [-0.39, 0.29) is 18.9 Å². The van der Waals surface area contributed by atoms with E-state index in [4.69, 9.17) is 10.5 Å². The minimum absolute atomic E-state index is 0.0448. The number of β-amino-alcohol motifs (C(OH)–C–C–N with tert-alkyl or cyclic N) is 1. The number of nitrogen functional groups attached to an aromatic ring is 1. The number of benzene rings is 1. The van der Waals surface area contributed by atoms with Crippen molar-refractivity contribution < 1.29 is 18.3 Å². The molecule has 0 saturated carbocycles. The third-order valence-corrected chi connectivity index (χ3v) is 5.07. The fourth-order valence-corrected chi connectivity index (χ4v) is 3.53. The van der Waals surface area contributed by atoms with E-state index in [1.165, 1.54) is 4.31 Å². The van der Waals surface area contributed by atoms with Gasteiger partial charge in [-0.1, -0.05) is 12.1 Å². The van der Waals surface area contributed by atoms with Gasteiger partial charge in [-0.15, -0.1) is 0 Å². The third-order valence-electron chi connectivity index (χ3n) is 3.27. The summed E-state index contributed by atoms with van der Waals surface area (Å²) in [6.07, 6.45) is 0.778. The topological polar surface area (TPSA) is 92.9 Å². The van der Waals surface area contributed by atoms with Crippen molar-refractivity contribution in [1.29, 1.82) is 0 Å². The molecule has 0 spiro atoms. The van der Waals surface area contributed by atoms with E-state index in [1.807, 2.05) is 0 Å². The van der Waals surface area contributed by atoms with Gasteiger partial charge in [0.15, 0.2) is 0 Å². The summed E-state index contributed by atoms with van der Waals surface area (Å²) < 4.78 is 30.9. The summed E-state index contributed by atoms with van der Waals surface area (Å²) >= 11 is 0. The van der Waals surface area contributed by atoms with Crippen LogP contribution in [-0.2, 0) is 10.0 Å². The summed E-state index contributed by atoms with van der Waals surface area (Å²) in [5.41, 5.74) is 6.20. The molecule has 1 fully saturated rings. The van der Waals surface area contributed by atoms with E-state index in [9.17, 15) is 13.5 Å². The van der Waals surface area contributed by atoms with E-state index in [2.05, 4.69) is 0 Å². The molecule has 1 aromatic carbocycles. The van der Waals surface area contributed by atoms with Crippen LogP contribution >= 0.6 is 0 Å². The van der Waals surface area contributed by atoms with Crippen molar-refractivity contribution in [2.24, 2.45) is 0 Å². The van der Waals surface area contributed by atoms with E-state index in [0.29, 0.717) is 30.8 Å². The Hall–Kier alpha value is -1.31. The Bertz CT molecular complexity index is 547. The fraction of sp³-hybridized carbons (Fsp3) is 0.538. The molecule has 6 nitrogen and oxygen atoms in total. The zero-order valence-corrected chi connectivity index (χ0v) is 12.1. The molecule has 1 saturated heterocycles. The van der Waals surface area contributed by atoms with Gasteiger partial charge in [-0.2, -0.15) is 4.31 Å². The van der Waals surface area contributed by atoms with Gasteiger partial charge in [0.05, 0.1) is 17.5 Å². The van der Waals surface area contributed by atoms with E-state index in [1.54, 1.807) is 24.3 Å². The summed E-state index contributed by atoms with van der Waals surface area (Å²) in [5.74, 6) is 0.370. The Kier molecular flexibility index (Phi) is 4.85. The van der Waals surface area contributed by atoms with Crippen LogP contribution in [0.1, 0.15) is 12.8 Å². The molecule has 1 aliphatic heterocycles. The molecule has 20 heavy (non-hydrogen) atoms. The second-order valence-electron chi connectivity index (χ2n) is 4.86. The maximum absolute atomic E-state index is 12.1. The SMILES string of the molecule is Nc1ccccc1OCCS(=O)(=O)N1CCC[C@H](O)C1. The number of piperidine rings is 1. The molecule has 1 aromatic rings. The van der Waals surface area contributed by atoms with Crippen LogP contribution < -0.4 is 10.5 Å². The summed E-state index contributed by atoms with van der Waals surface area (Å²) in [4.78, 5) is 0. The molecule has 0 aromatic heterocycles. The molecule has 0 aliphatic carbocycles. The number of para-hydroxylation sites is 2. The largest absolute Gasteiger partial charge is 0.490 e. The zero-order chi connectivity index (χ0) is 14.6. The highest BCUT2D eigenvalue weighted by molar-refractivity contribution is 7.89. The van der Waals surface area contributed by atoms with Crippen molar-refractivity contribution in [3.63, 3.8) is 0 Å². The number of nitrogens with two attached hydrogens (primary N) is 1. The predicted molar refractivity (Wildman–Crippen MR) is 77.0 cm³/mol. The highest BCUT2D eigenvalue weighted by Gasteiger charge is 2.27. The van der Waals surface area contributed by atoms with Crippen LogP contribution in [0.5, 0.6) is 5.75 Å². The molecule has 1 aliphatic rings. The van der Waals surface area contributed by atoms with Crippen LogP contribution in [0, 0.1) is 0 Å². The van der Waals surface area contributed by atoms with Gasteiger partial charge in [0.25, 0.3) is 0 Å². The first-order valence-electron chi connectivity index (χ1n) is 6.62. The molecular weight excluding hydrogens is 280 g/mol. The predicted octanol–water partition coefficient (Wildman–Crippen LogP) is 0.434. The van der Waals surface area contributed by atoms with Gasteiger partial charge < -0.3 is 15.6 Å². The number of hydrogen-bond donors (Lipinski definition) is 2. The van der Waals surface area contributed by atoms with Crippen molar-refractivity contribution in [2.75, 3.05) is 31.2 Å². The number of ether oxygens (including phenoxy) is 1. The van der Waals surface area contributed by atoms with Gasteiger partial charge in [0.1, 0.15) is 12.4 Å². The van der Waals surface area contributed by atoms with Gasteiger partial charge in [0, 0.05) is 13.1 Å². The van der Waals surface area contributed by atoms with Crippen molar-refractivity contribution in [2.45, 2.75) is 18.9 Å². The molecule has 0 unspecified atom stereocenters. The average Bonchev–Trinajstić information content (AvgIpc) is 2.41. The van der Waals surface area contributed by atoms with Gasteiger partial charge in [0.2, 0.25) is 10.0 Å². The first-order valence-corrected chi connectivity index (χ1v) is 8.23. The van der Waals surface area contributed by atoms with E-state index in [0.717, 1.165) is 0 Å². The summed E-state index contributed by atoms with van der Waals surface area (Å²) in [7, 11) is -3.39. The second-order valence-corrected chi connectivity index (χ2v) is 6.94. The smallest absolute Gasteiger partial charge is 0.217 e. The van der Waals surface area contributed by atoms with E-state index >= 15 is 0 Å². The van der Waals surface area contributed by atoms with Gasteiger partial charge in [-0.3, -0.25) is 0 Å². The monoisotopic (exact) mass is 300 g/mol. The molecule has 1 atom stereocenters. The maximum atomic E-state index is 12.1. The van der Waals surface area contributed by atoms with Crippen LogP contribution in [0.3, 0.4) is 0 Å². The second kappa shape index (κ2) is 6.43. The number of hydrogen-bond acceptors (Lipinski definition) is 5. The lowest BCUT2D eigenvalue weighted by Gasteiger charge is -2.29. The minimum atomic E-state index is -3.39. The lowest BCUT2D eigenvalue weighted by atomic mass is 10.1. The number of aliphatic hydroxyl groups excluding tert-OH is 1. The molecule has 3 N–H and O–H groups in total. The first kappa shape index (κ1) is 15.1. The van der Waals surface area contributed by atoms with Crippen LogP contribution in [0.15, 0.2) is 24.3 Å². The van der Waals surface area contributed by atoms with Crippen molar-refractivity contribution in [1.82, 2.24) is 4.31 Å². The third kappa shape index (κ3) is 3.84. The van der Waals surface area contributed by atoms with Gasteiger partial charge >= 0.3 is 0 Å². The number of sulfonamides is 1. The summed E-state index contributed by atoms with van der Waals surface area (Å²) in [5, 5.41) is 9.53. The van der Waals surface area contributed by atoms with Crippen LogP contribution in [0.2, 0.25) is 0 Å². The van der Waals surface area contributed by atoms with Crippen LogP contribution in [-0.4, -0.2) is 49.4 Å². The minimum Gasteiger partial charge on any atom is -0.490 e. The molecule has 2 rings (SSSR count). The summed E-state index contributed by atoms with van der Waals surface area (Å²) in [6.45, 7) is 0.686. The lowest BCUT2D eigenvalue weighted by molar-refractivity contribution is 0.108. The van der Waals surface area contributed by atoms with Gasteiger partial charge in [-0.25, -0.2) is 8.42 Å². The molecule has 0 radical (unpaired) electrons. The normalized spacial score (nSPS) is 20.8. The Labute approximate surface area is 119 Å². The maximum Gasteiger partial charge on any atom is 0.217 e. The molecule has 112 valence electrons. The Balaban J connectivity index is 1.88.